The monoisotopic (exact) mass is 464 g/mol. The van der Waals surface area contributed by atoms with Gasteiger partial charge in [0.25, 0.3) is 0 Å². The smallest absolute Gasteiger partial charge is 0.342 e. The molecule has 174 valence electrons. The van der Waals surface area contributed by atoms with Crippen LogP contribution in [0.25, 0.3) is 11.1 Å². The zero-order valence-corrected chi connectivity index (χ0v) is 21.1. The van der Waals surface area contributed by atoms with Crippen LogP contribution in [0.15, 0.2) is 60.7 Å². The molecule has 0 heterocycles. The third-order valence-corrected chi connectivity index (χ3v) is 10.4. The molecule has 5 nitrogen and oxygen atoms in total. The maximum atomic E-state index is 12.7. The number of ether oxygens (including phenoxy) is 1. The first-order valence-electron chi connectivity index (χ1n) is 11.0. The van der Waals surface area contributed by atoms with Crippen LogP contribution in [0.2, 0.25) is 18.1 Å². The first-order valence-corrected chi connectivity index (χ1v) is 13.9. The van der Waals surface area contributed by atoms with Crippen molar-refractivity contribution in [3.8, 4) is 28.4 Å². The maximum absolute atomic E-state index is 12.7. The predicted molar refractivity (Wildman–Crippen MR) is 133 cm³/mol. The summed E-state index contributed by atoms with van der Waals surface area (Å²) in [6.07, 6.45) is 0. The van der Waals surface area contributed by atoms with Gasteiger partial charge in [0.15, 0.2) is 0 Å². The lowest BCUT2D eigenvalue weighted by Crippen LogP contribution is -2.43. The van der Waals surface area contributed by atoms with E-state index < -0.39 is 14.3 Å². The zero-order chi connectivity index (χ0) is 24.4. The van der Waals surface area contributed by atoms with Gasteiger partial charge in [0.05, 0.1) is 0 Å². The molecule has 0 atom stereocenters. The lowest BCUT2D eigenvalue weighted by molar-refractivity contribution is 0.0469. The molecule has 2 N–H and O–H groups in total. The van der Waals surface area contributed by atoms with Crippen molar-refractivity contribution >= 4 is 14.3 Å². The minimum absolute atomic E-state index is 0.00731. The number of phenolic OH excluding ortho intramolecular Hbond substituents is 2. The van der Waals surface area contributed by atoms with Gasteiger partial charge in [0.1, 0.15) is 29.4 Å². The minimum atomic E-state index is -2.06. The SMILES string of the molecule is Cc1cc(O[Si](C)(C)C(C)(C)C)cc(-c2cc(C(=O)OCc3ccccc3)c(O)cc2O)c1. The Morgan fingerprint density at radius 1 is 0.939 bits per heavy atom. The van der Waals surface area contributed by atoms with E-state index in [2.05, 4.69) is 33.9 Å². The summed E-state index contributed by atoms with van der Waals surface area (Å²) in [6.45, 7) is 12.9. The van der Waals surface area contributed by atoms with Crippen molar-refractivity contribution in [2.24, 2.45) is 0 Å². The summed E-state index contributed by atoms with van der Waals surface area (Å²) in [5, 5.41) is 20.9. The summed E-state index contributed by atoms with van der Waals surface area (Å²) in [7, 11) is -2.06. The number of carbonyl (C=O) groups excluding carboxylic acids is 1. The average Bonchev–Trinajstić information content (AvgIpc) is 2.71. The van der Waals surface area contributed by atoms with Crippen molar-refractivity contribution < 1.29 is 24.2 Å². The fourth-order valence-corrected chi connectivity index (χ4v) is 4.20. The van der Waals surface area contributed by atoms with Gasteiger partial charge in [-0.05, 0) is 59.9 Å². The molecule has 0 saturated heterocycles. The molecule has 3 rings (SSSR count). The Balaban J connectivity index is 1.93. The van der Waals surface area contributed by atoms with Gasteiger partial charge in [-0.2, -0.15) is 0 Å². The molecule has 0 radical (unpaired) electrons. The van der Waals surface area contributed by atoms with Crippen molar-refractivity contribution in [2.75, 3.05) is 0 Å². The highest BCUT2D eigenvalue weighted by molar-refractivity contribution is 6.74. The first kappa shape index (κ1) is 24.4. The highest BCUT2D eigenvalue weighted by Crippen LogP contribution is 2.40. The second-order valence-electron chi connectivity index (χ2n) is 9.85. The van der Waals surface area contributed by atoms with Gasteiger partial charge in [0.2, 0.25) is 8.32 Å². The van der Waals surface area contributed by atoms with E-state index in [1.54, 1.807) is 0 Å². The highest BCUT2D eigenvalue weighted by Gasteiger charge is 2.39. The molecule has 6 heteroatoms. The standard InChI is InChI=1S/C27H32O5Si/c1-18-12-20(14-21(13-18)32-33(5,6)27(2,3)4)22-15-23(25(29)16-24(22)28)26(30)31-17-19-10-8-7-9-11-19/h7-16,28-29H,17H2,1-6H3. The predicted octanol–water partition coefficient (Wildman–Crippen LogP) is 6.81. The highest BCUT2D eigenvalue weighted by atomic mass is 28.4. The number of rotatable bonds is 6. The Hall–Kier alpha value is -3.25. The van der Waals surface area contributed by atoms with Crippen LogP contribution in [-0.2, 0) is 11.3 Å². The molecular formula is C27H32O5Si. The Kier molecular flexibility index (Phi) is 6.88. The molecule has 0 aromatic heterocycles. The Morgan fingerprint density at radius 3 is 2.24 bits per heavy atom. The molecule has 0 spiro atoms. The van der Waals surface area contributed by atoms with Gasteiger partial charge >= 0.3 is 5.97 Å². The topological polar surface area (TPSA) is 76.0 Å². The van der Waals surface area contributed by atoms with Crippen LogP contribution in [0, 0.1) is 6.92 Å². The Morgan fingerprint density at radius 2 is 1.61 bits per heavy atom. The average molecular weight is 465 g/mol. The van der Waals surface area contributed by atoms with Gasteiger partial charge in [-0.25, -0.2) is 4.79 Å². The number of hydrogen-bond donors (Lipinski definition) is 2. The van der Waals surface area contributed by atoms with Gasteiger partial charge in [-0.1, -0.05) is 57.2 Å². The summed E-state index contributed by atoms with van der Waals surface area (Å²) < 4.78 is 11.8. The largest absolute Gasteiger partial charge is 0.543 e. The molecule has 3 aromatic carbocycles. The lowest BCUT2D eigenvalue weighted by Gasteiger charge is -2.36. The summed E-state index contributed by atoms with van der Waals surface area (Å²) >= 11 is 0. The summed E-state index contributed by atoms with van der Waals surface area (Å²) in [4.78, 5) is 12.7. The maximum Gasteiger partial charge on any atom is 0.342 e. The second-order valence-corrected chi connectivity index (χ2v) is 14.6. The van der Waals surface area contributed by atoms with E-state index in [9.17, 15) is 15.0 Å². The van der Waals surface area contributed by atoms with Gasteiger partial charge < -0.3 is 19.4 Å². The van der Waals surface area contributed by atoms with E-state index in [4.69, 9.17) is 9.16 Å². The van der Waals surface area contributed by atoms with E-state index in [-0.39, 0.29) is 28.7 Å². The number of phenols is 2. The number of aryl methyl sites for hydroxylation is 1. The summed E-state index contributed by atoms with van der Waals surface area (Å²) in [5.74, 6) is -0.407. The number of benzene rings is 3. The summed E-state index contributed by atoms with van der Waals surface area (Å²) in [5.41, 5.74) is 2.91. The van der Waals surface area contributed by atoms with E-state index in [0.717, 1.165) is 16.9 Å². The first-order chi connectivity index (χ1) is 15.4. The molecule has 0 saturated carbocycles. The van der Waals surface area contributed by atoms with Crippen molar-refractivity contribution in [1.29, 1.82) is 0 Å². The zero-order valence-electron chi connectivity index (χ0n) is 20.1. The fourth-order valence-electron chi connectivity index (χ4n) is 3.18. The third kappa shape index (κ3) is 5.76. The number of aromatic hydroxyl groups is 2. The molecule has 0 fully saturated rings. The normalized spacial score (nSPS) is 11.8. The van der Waals surface area contributed by atoms with Crippen LogP contribution in [0.5, 0.6) is 17.2 Å². The lowest BCUT2D eigenvalue weighted by atomic mass is 9.99. The molecule has 0 unspecified atom stereocenters. The number of esters is 1. The van der Waals surface area contributed by atoms with Gasteiger partial charge in [-0.3, -0.25) is 0 Å². The van der Waals surface area contributed by atoms with Crippen molar-refractivity contribution in [1.82, 2.24) is 0 Å². The van der Waals surface area contributed by atoms with Crippen LogP contribution in [0.4, 0.5) is 0 Å². The molecule has 0 aliphatic heterocycles. The van der Waals surface area contributed by atoms with Crippen LogP contribution in [-0.4, -0.2) is 24.5 Å². The quantitative estimate of drug-likeness (QED) is 0.309. The van der Waals surface area contributed by atoms with Crippen molar-refractivity contribution in [3.05, 3.63) is 77.4 Å². The fraction of sp³-hybridized carbons (Fsp3) is 0.296. The molecule has 0 aliphatic rings. The molecule has 33 heavy (non-hydrogen) atoms. The number of carbonyl (C=O) groups is 1. The molecular weight excluding hydrogens is 432 g/mol. The minimum Gasteiger partial charge on any atom is -0.543 e. The molecule has 0 aliphatic carbocycles. The third-order valence-electron chi connectivity index (χ3n) is 6.09. The van der Waals surface area contributed by atoms with Gasteiger partial charge in [-0.15, -0.1) is 0 Å². The summed E-state index contributed by atoms with van der Waals surface area (Å²) in [6, 6.07) is 17.7. The van der Waals surface area contributed by atoms with Crippen molar-refractivity contribution in [3.63, 3.8) is 0 Å². The van der Waals surface area contributed by atoms with Crippen LogP contribution in [0.1, 0.15) is 42.3 Å². The Labute approximate surface area is 196 Å². The van der Waals surface area contributed by atoms with Crippen molar-refractivity contribution in [2.45, 2.75) is 52.4 Å². The van der Waals surface area contributed by atoms with E-state index >= 15 is 0 Å². The van der Waals surface area contributed by atoms with Crippen LogP contribution in [0.3, 0.4) is 0 Å². The van der Waals surface area contributed by atoms with Gasteiger partial charge in [0, 0.05) is 11.6 Å². The van der Waals surface area contributed by atoms with Crippen LogP contribution < -0.4 is 4.43 Å². The van der Waals surface area contributed by atoms with E-state index in [1.807, 2.05) is 55.5 Å². The molecule has 3 aromatic rings. The second kappa shape index (κ2) is 9.31. The molecule has 0 bridgehead atoms. The van der Waals surface area contributed by atoms with Crippen LogP contribution >= 0.6 is 0 Å². The Bertz CT molecular complexity index is 1150. The van der Waals surface area contributed by atoms with E-state index in [1.165, 1.54) is 12.1 Å². The number of hydrogen-bond acceptors (Lipinski definition) is 5. The molecule has 0 amide bonds. The van der Waals surface area contributed by atoms with E-state index in [0.29, 0.717) is 11.1 Å².